The van der Waals surface area contributed by atoms with Crippen LogP contribution >= 0.6 is 0 Å². The van der Waals surface area contributed by atoms with Gasteiger partial charge in [-0.25, -0.2) is 8.78 Å². The molecule has 0 aliphatic heterocycles. The van der Waals surface area contributed by atoms with Gasteiger partial charge >= 0.3 is 0 Å². The summed E-state index contributed by atoms with van der Waals surface area (Å²) in [5, 5.41) is 3.44. The van der Waals surface area contributed by atoms with E-state index in [1.807, 2.05) is 0 Å². The van der Waals surface area contributed by atoms with E-state index in [0.717, 1.165) is 25.8 Å². The second kappa shape index (κ2) is 5.35. The number of nitrogens with one attached hydrogen (secondary N) is 1. The maximum atomic E-state index is 13.7. The minimum absolute atomic E-state index is 0.0848. The van der Waals surface area contributed by atoms with Gasteiger partial charge in [0.1, 0.15) is 0 Å². The second-order valence-electron chi connectivity index (χ2n) is 5.70. The van der Waals surface area contributed by atoms with Crippen molar-refractivity contribution in [2.45, 2.75) is 45.6 Å². The van der Waals surface area contributed by atoms with Gasteiger partial charge in [-0.1, -0.05) is 26.0 Å². The van der Waals surface area contributed by atoms with Crippen LogP contribution in [0.25, 0.3) is 0 Å². The standard InChI is InChI=1S/C15H21F2N/c1-3-18-12-7-8-15(2,10-12)9-11-5-4-6-13(16)14(11)17/h4-6,12,18H,3,7-10H2,1-2H3. The number of halogens is 2. The Kier molecular flexibility index (Phi) is 4.00. The Morgan fingerprint density at radius 3 is 2.89 bits per heavy atom. The van der Waals surface area contributed by atoms with Crippen LogP contribution < -0.4 is 5.32 Å². The van der Waals surface area contributed by atoms with Gasteiger partial charge in [-0.15, -0.1) is 0 Å². The van der Waals surface area contributed by atoms with Crippen LogP contribution in [0.4, 0.5) is 8.78 Å². The molecule has 2 rings (SSSR count). The molecule has 2 unspecified atom stereocenters. The van der Waals surface area contributed by atoms with Crippen LogP contribution in [0.15, 0.2) is 18.2 Å². The minimum atomic E-state index is -0.739. The fraction of sp³-hybridized carbons (Fsp3) is 0.600. The third-order valence-corrected chi connectivity index (χ3v) is 3.98. The van der Waals surface area contributed by atoms with Gasteiger partial charge in [-0.2, -0.15) is 0 Å². The zero-order chi connectivity index (χ0) is 13.2. The van der Waals surface area contributed by atoms with Crippen molar-refractivity contribution in [2.24, 2.45) is 5.41 Å². The van der Waals surface area contributed by atoms with Crippen molar-refractivity contribution in [1.29, 1.82) is 0 Å². The van der Waals surface area contributed by atoms with Crippen molar-refractivity contribution in [3.05, 3.63) is 35.4 Å². The van der Waals surface area contributed by atoms with E-state index in [1.165, 1.54) is 6.07 Å². The second-order valence-corrected chi connectivity index (χ2v) is 5.70. The lowest BCUT2D eigenvalue weighted by Gasteiger charge is -2.24. The highest BCUT2D eigenvalue weighted by molar-refractivity contribution is 5.21. The number of benzene rings is 1. The lowest BCUT2D eigenvalue weighted by molar-refractivity contribution is 0.316. The summed E-state index contributed by atoms with van der Waals surface area (Å²) in [4.78, 5) is 0. The van der Waals surface area contributed by atoms with Gasteiger partial charge in [0, 0.05) is 6.04 Å². The van der Waals surface area contributed by atoms with E-state index in [4.69, 9.17) is 0 Å². The Morgan fingerprint density at radius 1 is 1.39 bits per heavy atom. The van der Waals surface area contributed by atoms with E-state index in [1.54, 1.807) is 12.1 Å². The predicted molar refractivity (Wildman–Crippen MR) is 69.5 cm³/mol. The first-order valence-corrected chi connectivity index (χ1v) is 6.70. The Hall–Kier alpha value is -0.960. The molecule has 0 bridgehead atoms. The van der Waals surface area contributed by atoms with Crippen LogP contribution in [0.2, 0.25) is 0 Å². The van der Waals surface area contributed by atoms with Crippen LogP contribution in [-0.4, -0.2) is 12.6 Å². The molecule has 0 saturated heterocycles. The maximum absolute atomic E-state index is 13.7. The molecule has 1 saturated carbocycles. The van der Waals surface area contributed by atoms with E-state index in [0.29, 0.717) is 18.0 Å². The molecule has 1 N–H and O–H groups in total. The highest BCUT2D eigenvalue weighted by Gasteiger charge is 2.35. The molecule has 1 nitrogen and oxygen atoms in total. The summed E-state index contributed by atoms with van der Waals surface area (Å²) >= 11 is 0. The summed E-state index contributed by atoms with van der Waals surface area (Å²) in [5.41, 5.74) is 0.594. The van der Waals surface area contributed by atoms with Gasteiger partial charge < -0.3 is 5.32 Å². The lowest BCUT2D eigenvalue weighted by atomic mass is 9.82. The Bertz CT molecular complexity index is 419. The quantitative estimate of drug-likeness (QED) is 0.863. The molecule has 0 spiro atoms. The highest BCUT2D eigenvalue weighted by atomic mass is 19.2. The zero-order valence-electron chi connectivity index (χ0n) is 11.1. The van der Waals surface area contributed by atoms with Crippen molar-refractivity contribution >= 4 is 0 Å². The van der Waals surface area contributed by atoms with Crippen molar-refractivity contribution < 1.29 is 8.78 Å². The van der Waals surface area contributed by atoms with E-state index in [-0.39, 0.29) is 5.41 Å². The SMILES string of the molecule is CCNC1CCC(C)(Cc2cccc(F)c2F)C1. The molecule has 1 fully saturated rings. The summed E-state index contributed by atoms with van der Waals surface area (Å²) in [5.74, 6) is -1.41. The normalized spacial score (nSPS) is 27.7. The summed E-state index contributed by atoms with van der Waals surface area (Å²) in [6.45, 7) is 5.24. The van der Waals surface area contributed by atoms with Crippen LogP contribution in [-0.2, 0) is 6.42 Å². The van der Waals surface area contributed by atoms with Gasteiger partial charge in [0.15, 0.2) is 11.6 Å². The molecule has 0 heterocycles. The predicted octanol–water partition coefficient (Wildman–Crippen LogP) is 3.68. The molecule has 18 heavy (non-hydrogen) atoms. The first-order chi connectivity index (χ1) is 8.54. The number of rotatable bonds is 4. The molecular formula is C15H21F2N. The Balaban J connectivity index is 2.07. The van der Waals surface area contributed by atoms with Gasteiger partial charge in [-0.05, 0) is 49.3 Å². The van der Waals surface area contributed by atoms with Crippen molar-refractivity contribution in [3.8, 4) is 0 Å². The van der Waals surface area contributed by atoms with Crippen molar-refractivity contribution in [3.63, 3.8) is 0 Å². The first-order valence-electron chi connectivity index (χ1n) is 6.70. The average molecular weight is 253 g/mol. The molecule has 1 aliphatic carbocycles. The van der Waals surface area contributed by atoms with Gasteiger partial charge in [0.2, 0.25) is 0 Å². The molecule has 0 aromatic heterocycles. The molecular weight excluding hydrogens is 232 g/mol. The van der Waals surface area contributed by atoms with Crippen molar-refractivity contribution in [1.82, 2.24) is 5.32 Å². The van der Waals surface area contributed by atoms with Crippen LogP contribution in [0.5, 0.6) is 0 Å². The van der Waals surface area contributed by atoms with E-state index in [2.05, 4.69) is 19.2 Å². The van der Waals surface area contributed by atoms with Crippen LogP contribution in [0.3, 0.4) is 0 Å². The molecule has 0 radical (unpaired) electrons. The largest absolute Gasteiger partial charge is 0.314 e. The zero-order valence-corrected chi connectivity index (χ0v) is 11.1. The van der Waals surface area contributed by atoms with Gasteiger partial charge in [-0.3, -0.25) is 0 Å². The van der Waals surface area contributed by atoms with Gasteiger partial charge in [0.25, 0.3) is 0 Å². The molecule has 1 aliphatic rings. The van der Waals surface area contributed by atoms with Crippen LogP contribution in [0.1, 0.15) is 38.7 Å². The molecule has 3 heteroatoms. The third kappa shape index (κ3) is 2.89. The third-order valence-electron chi connectivity index (χ3n) is 3.98. The number of hydrogen-bond donors (Lipinski definition) is 1. The molecule has 2 atom stereocenters. The number of hydrogen-bond acceptors (Lipinski definition) is 1. The molecule has 1 aromatic rings. The smallest absolute Gasteiger partial charge is 0.162 e. The van der Waals surface area contributed by atoms with Crippen LogP contribution in [0, 0.1) is 17.0 Å². The Labute approximate surface area is 108 Å². The average Bonchev–Trinajstić information content (AvgIpc) is 2.68. The molecule has 1 aromatic carbocycles. The first kappa shape index (κ1) is 13.5. The fourth-order valence-electron chi connectivity index (χ4n) is 3.09. The topological polar surface area (TPSA) is 12.0 Å². The molecule has 0 amide bonds. The Morgan fingerprint density at radius 2 is 2.17 bits per heavy atom. The summed E-state index contributed by atoms with van der Waals surface area (Å²) in [6.07, 6.45) is 3.86. The van der Waals surface area contributed by atoms with E-state index in [9.17, 15) is 8.78 Å². The highest BCUT2D eigenvalue weighted by Crippen LogP contribution is 2.41. The maximum Gasteiger partial charge on any atom is 0.162 e. The summed E-state index contributed by atoms with van der Waals surface area (Å²) in [6, 6.07) is 4.99. The fourth-order valence-corrected chi connectivity index (χ4v) is 3.09. The monoisotopic (exact) mass is 253 g/mol. The van der Waals surface area contributed by atoms with E-state index >= 15 is 0 Å². The summed E-state index contributed by atoms with van der Waals surface area (Å²) < 4.78 is 26.9. The molecule has 100 valence electrons. The van der Waals surface area contributed by atoms with Crippen molar-refractivity contribution in [2.75, 3.05) is 6.54 Å². The van der Waals surface area contributed by atoms with E-state index < -0.39 is 11.6 Å². The van der Waals surface area contributed by atoms with Gasteiger partial charge in [0.05, 0.1) is 0 Å². The lowest BCUT2D eigenvalue weighted by Crippen LogP contribution is -2.28. The summed E-state index contributed by atoms with van der Waals surface area (Å²) in [7, 11) is 0. The minimum Gasteiger partial charge on any atom is -0.314 e.